The van der Waals surface area contributed by atoms with Crippen LogP contribution in [0.2, 0.25) is 0 Å². The number of nitrogens with zero attached hydrogens (tertiary/aromatic N) is 1. The normalized spacial score (nSPS) is 12.2. The van der Waals surface area contributed by atoms with Gasteiger partial charge in [-0.3, -0.25) is 4.79 Å². The first-order valence-corrected chi connectivity index (χ1v) is 7.74. The van der Waals surface area contributed by atoms with Crippen LogP contribution in [0.1, 0.15) is 29.0 Å². The molecule has 2 aromatic carbocycles. The molecule has 1 heterocycles. The quantitative estimate of drug-likeness (QED) is 0.751. The number of rotatable bonds is 5. The van der Waals surface area contributed by atoms with Crippen molar-refractivity contribution in [2.45, 2.75) is 19.6 Å². The monoisotopic (exact) mass is 342 g/mol. The van der Waals surface area contributed by atoms with Crippen LogP contribution < -0.4 is 10.1 Å². The molecule has 1 atom stereocenters. The van der Waals surface area contributed by atoms with Gasteiger partial charge in [-0.2, -0.15) is 8.78 Å². The molecule has 0 radical (unpaired) electrons. The van der Waals surface area contributed by atoms with Crippen LogP contribution in [0.25, 0.3) is 10.9 Å². The van der Waals surface area contributed by atoms with Crippen molar-refractivity contribution in [2.75, 3.05) is 0 Å². The van der Waals surface area contributed by atoms with Gasteiger partial charge in [0.15, 0.2) is 0 Å². The number of para-hydroxylation sites is 1. The molecule has 3 aromatic rings. The van der Waals surface area contributed by atoms with Crippen LogP contribution in [0.5, 0.6) is 5.75 Å². The van der Waals surface area contributed by atoms with Crippen LogP contribution in [0.15, 0.2) is 60.7 Å². The minimum absolute atomic E-state index is 0.0532. The van der Waals surface area contributed by atoms with E-state index in [1.807, 2.05) is 30.3 Å². The van der Waals surface area contributed by atoms with E-state index < -0.39 is 6.61 Å². The summed E-state index contributed by atoms with van der Waals surface area (Å²) in [7, 11) is 0. The molecular formula is C19H16F2N2O2. The zero-order chi connectivity index (χ0) is 17.8. The minimum Gasteiger partial charge on any atom is -0.435 e. The van der Waals surface area contributed by atoms with E-state index in [4.69, 9.17) is 0 Å². The van der Waals surface area contributed by atoms with E-state index in [0.717, 1.165) is 10.9 Å². The van der Waals surface area contributed by atoms with Crippen molar-refractivity contribution in [3.8, 4) is 5.75 Å². The number of fused-ring (bicyclic) bond motifs is 1. The van der Waals surface area contributed by atoms with Gasteiger partial charge in [-0.15, -0.1) is 0 Å². The average molecular weight is 342 g/mol. The number of pyridine rings is 1. The highest BCUT2D eigenvalue weighted by Crippen LogP contribution is 2.21. The predicted molar refractivity (Wildman–Crippen MR) is 90.7 cm³/mol. The van der Waals surface area contributed by atoms with Gasteiger partial charge in [-0.1, -0.05) is 36.4 Å². The molecule has 0 aliphatic rings. The number of hydrogen-bond donors (Lipinski definition) is 1. The molecule has 1 aromatic heterocycles. The van der Waals surface area contributed by atoms with Gasteiger partial charge in [0.05, 0.1) is 11.6 Å². The molecule has 1 unspecified atom stereocenters. The molecule has 128 valence electrons. The number of alkyl halides is 2. The first kappa shape index (κ1) is 16.8. The van der Waals surface area contributed by atoms with Gasteiger partial charge in [0.1, 0.15) is 11.4 Å². The van der Waals surface area contributed by atoms with Crippen LogP contribution in [-0.4, -0.2) is 17.5 Å². The van der Waals surface area contributed by atoms with E-state index in [1.165, 1.54) is 12.1 Å². The van der Waals surface area contributed by atoms with Crippen LogP contribution in [-0.2, 0) is 0 Å². The number of aromatic nitrogens is 1. The van der Waals surface area contributed by atoms with E-state index in [0.29, 0.717) is 11.3 Å². The Morgan fingerprint density at radius 1 is 1.08 bits per heavy atom. The highest BCUT2D eigenvalue weighted by Gasteiger charge is 2.14. The second-order valence-electron chi connectivity index (χ2n) is 5.54. The molecule has 25 heavy (non-hydrogen) atoms. The molecule has 0 saturated heterocycles. The lowest BCUT2D eigenvalue weighted by atomic mass is 10.1. The smallest absolute Gasteiger partial charge is 0.387 e. The van der Waals surface area contributed by atoms with Crippen LogP contribution >= 0.6 is 0 Å². The maximum absolute atomic E-state index is 12.4. The van der Waals surface area contributed by atoms with E-state index in [2.05, 4.69) is 15.0 Å². The average Bonchev–Trinajstić information content (AvgIpc) is 2.61. The first-order chi connectivity index (χ1) is 12.0. The molecule has 0 saturated carbocycles. The molecule has 1 amide bonds. The van der Waals surface area contributed by atoms with Crippen molar-refractivity contribution in [3.63, 3.8) is 0 Å². The SMILES string of the molecule is CC(NC(=O)c1ccc2ccccc2n1)c1cccc(OC(F)F)c1. The predicted octanol–water partition coefficient (Wildman–Crippen LogP) is 4.33. The van der Waals surface area contributed by atoms with Crippen LogP contribution in [0, 0.1) is 0 Å². The molecule has 6 heteroatoms. The van der Waals surface area contributed by atoms with Gasteiger partial charge in [-0.05, 0) is 36.8 Å². The van der Waals surface area contributed by atoms with Crippen molar-refractivity contribution in [2.24, 2.45) is 0 Å². The Hall–Kier alpha value is -3.02. The summed E-state index contributed by atoms with van der Waals surface area (Å²) < 4.78 is 29.0. The molecule has 4 nitrogen and oxygen atoms in total. The second kappa shape index (κ2) is 7.25. The standard InChI is InChI=1S/C19H16F2N2O2/c1-12(14-6-4-7-15(11-14)25-19(20)21)22-18(24)17-10-9-13-5-2-3-8-16(13)23-17/h2-12,19H,1H3,(H,22,24). The summed E-state index contributed by atoms with van der Waals surface area (Å²) in [6.45, 7) is -1.12. The van der Waals surface area contributed by atoms with E-state index in [1.54, 1.807) is 25.1 Å². The molecule has 0 bridgehead atoms. The minimum atomic E-state index is -2.89. The third kappa shape index (κ3) is 4.09. The zero-order valence-corrected chi connectivity index (χ0v) is 13.4. The summed E-state index contributed by atoms with van der Waals surface area (Å²) in [5.41, 5.74) is 1.69. The Morgan fingerprint density at radius 2 is 1.88 bits per heavy atom. The Labute approximate surface area is 143 Å². The maximum atomic E-state index is 12.4. The lowest BCUT2D eigenvalue weighted by molar-refractivity contribution is -0.0499. The first-order valence-electron chi connectivity index (χ1n) is 7.74. The molecular weight excluding hydrogens is 326 g/mol. The summed E-state index contributed by atoms with van der Waals surface area (Å²) in [5.74, 6) is -0.282. The number of ether oxygens (including phenoxy) is 1. The molecule has 0 aliphatic carbocycles. The van der Waals surface area contributed by atoms with E-state index >= 15 is 0 Å². The largest absolute Gasteiger partial charge is 0.435 e. The Bertz CT molecular complexity index is 899. The molecule has 0 fully saturated rings. The van der Waals surface area contributed by atoms with Crippen molar-refractivity contribution < 1.29 is 18.3 Å². The van der Waals surface area contributed by atoms with Crippen LogP contribution in [0.4, 0.5) is 8.78 Å². The topological polar surface area (TPSA) is 51.2 Å². The number of halogens is 2. The molecule has 3 rings (SSSR count). The Kier molecular flexibility index (Phi) is 4.88. The zero-order valence-electron chi connectivity index (χ0n) is 13.4. The fraction of sp³-hybridized carbons (Fsp3) is 0.158. The van der Waals surface area contributed by atoms with Crippen molar-refractivity contribution in [1.29, 1.82) is 0 Å². The second-order valence-corrected chi connectivity index (χ2v) is 5.54. The van der Waals surface area contributed by atoms with Gasteiger partial charge >= 0.3 is 6.61 Å². The molecule has 0 spiro atoms. The van der Waals surface area contributed by atoms with Gasteiger partial charge in [0, 0.05) is 5.39 Å². The number of amides is 1. The number of hydrogen-bond acceptors (Lipinski definition) is 3. The maximum Gasteiger partial charge on any atom is 0.387 e. The highest BCUT2D eigenvalue weighted by atomic mass is 19.3. The van der Waals surface area contributed by atoms with Crippen LogP contribution in [0.3, 0.4) is 0 Å². The van der Waals surface area contributed by atoms with Crippen molar-refractivity contribution >= 4 is 16.8 Å². The van der Waals surface area contributed by atoms with Gasteiger partial charge in [0.2, 0.25) is 0 Å². The number of nitrogens with one attached hydrogen (secondary N) is 1. The number of benzene rings is 2. The fourth-order valence-electron chi connectivity index (χ4n) is 2.51. The summed E-state index contributed by atoms with van der Waals surface area (Å²) in [6.07, 6.45) is 0. The van der Waals surface area contributed by atoms with E-state index in [9.17, 15) is 13.6 Å². The number of carbonyl (C=O) groups excluding carboxylic acids is 1. The Balaban J connectivity index is 1.75. The van der Waals surface area contributed by atoms with E-state index in [-0.39, 0.29) is 17.7 Å². The van der Waals surface area contributed by atoms with Gasteiger partial charge in [-0.25, -0.2) is 4.98 Å². The summed E-state index contributed by atoms with van der Waals surface area (Å²) in [4.78, 5) is 16.8. The third-order valence-corrected chi connectivity index (χ3v) is 3.76. The van der Waals surface area contributed by atoms with Crippen molar-refractivity contribution in [3.05, 3.63) is 71.9 Å². The Morgan fingerprint density at radius 3 is 2.68 bits per heavy atom. The lowest BCUT2D eigenvalue weighted by Gasteiger charge is -2.15. The molecule has 0 aliphatic heterocycles. The molecule has 1 N–H and O–H groups in total. The lowest BCUT2D eigenvalue weighted by Crippen LogP contribution is -2.27. The third-order valence-electron chi connectivity index (χ3n) is 3.76. The van der Waals surface area contributed by atoms with Gasteiger partial charge < -0.3 is 10.1 Å². The summed E-state index contributed by atoms with van der Waals surface area (Å²) >= 11 is 0. The fourth-order valence-corrected chi connectivity index (χ4v) is 2.51. The summed E-state index contributed by atoms with van der Waals surface area (Å²) in [5, 5.41) is 3.76. The highest BCUT2D eigenvalue weighted by molar-refractivity contribution is 5.95. The number of carbonyl (C=O) groups is 1. The van der Waals surface area contributed by atoms with Crippen molar-refractivity contribution in [1.82, 2.24) is 10.3 Å². The summed E-state index contributed by atoms with van der Waals surface area (Å²) in [6, 6.07) is 16.9. The van der Waals surface area contributed by atoms with Gasteiger partial charge in [0.25, 0.3) is 5.91 Å².